The molecule has 3 heteroatoms. The van der Waals surface area contributed by atoms with Crippen molar-refractivity contribution in [1.29, 1.82) is 0 Å². The highest BCUT2D eigenvalue weighted by molar-refractivity contribution is 5.84. The van der Waals surface area contributed by atoms with Crippen LogP contribution in [0.3, 0.4) is 0 Å². The van der Waals surface area contributed by atoms with E-state index in [2.05, 4.69) is 0 Å². The molecule has 0 radical (unpaired) electrons. The van der Waals surface area contributed by atoms with Gasteiger partial charge in [0.25, 0.3) is 0 Å². The van der Waals surface area contributed by atoms with Crippen LogP contribution in [0.1, 0.15) is 38.2 Å². The Balaban J connectivity index is 2.43. The fraction of sp³-hybridized carbons (Fsp3) is 0.562. The Labute approximate surface area is 115 Å². The number of esters is 1. The number of hydrogen-bond donors (Lipinski definition) is 1. The van der Waals surface area contributed by atoms with Crippen LogP contribution in [0.5, 0.6) is 0 Å². The number of hydrogen-bond acceptors (Lipinski definition) is 3. The average molecular weight is 261 g/mol. The summed E-state index contributed by atoms with van der Waals surface area (Å²) in [6, 6.07) is 9.90. The molecule has 1 atom stereocenters. The van der Waals surface area contributed by atoms with Crippen molar-refractivity contribution in [2.75, 3.05) is 13.2 Å². The van der Waals surface area contributed by atoms with E-state index < -0.39 is 5.41 Å². The molecule has 19 heavy (non-hydrogen) atoms. The maximum absolute atomic E-state index is 12.6. The summed E-state index contributed by atoms with van der Waals surface area (Å²) >= 11 is 0. The minimum atomic E-state index is -0.659. The average Bonchev–Trinajstić information content (AvgIpc) is 2.96. The number of carbonyl (C=O) groups excluding carboxylic acids is 1. The third kappa shape index (κ3) is 2.52. The molecule has 0 heterocycles. The lowest BCUT2D eigenvalue weighted by Gasteiger charge is -2.36. The number of carbonyl (C=O) groups is 1. The van der Waals surface area contributed by atoms with Gasteiger partial charge in [0.2, 0.25) is 0 Å². The second kappa shape index (κ2) is 6.20. The zero-order valence-electron chi connectivity index (χ0n) is 11.6. The summed E-state index contributed by atoms with van der Waals surface area (Å²) in [5.74, 6) is 0.148. The summed E-state index contributed by atoms with van der Waals surface area (Å²) in [6.45, 7) is 2.57. The van der Waals surface area contributed by atoms with Crippen molar-refractivity contribution < 1.29 is 9.53 Å². The van der Waals surface area contributed by atoms with E-state index in [1.807, 2.05) is 37.3 Å². The van der Waals surface area contributed by atoms with E-state index >= 15 is 0 Å². The monoisotopic (exact) mass is 261 g/mol. The lowest BCUT2D eigenvalue weighted by atomic mass is 9.69. The van der Waals surface area contributed by atoms with Crippen molar-refractivity contribution in [3.63, 3.8) is 0 Å². The summed E-state index contributed by atoms with van der Waals surface area (Å²) in [6.07, 6.45) is 4.48. The van der Waals surface area contributed by atoms with E-state index in [9.17, 15) is 4.79 Å². The summed E-state index contributed by atoms with van der Waals surface area (Å²) in [5, 5.41) is 0. The minimum absolute atomic E-state index is 0.157. The first-order valence-corrected chi connectivity index (χ1v) is 7.18. The van der Waals surface area contributed by atoms with Gasteiger partial charge in [0.1, 0.15) is 5.41 Å². The summed E-state index contributed by atoms with van der Waals surface area (Å²) in [5.41, 5.74) is 6.39. The second-order valence-electron chi connectivity index (χ2n) is 5.24. The van der Waals surface area contributed by atoms with Crippen molar-refractivity contribution in [3.05, 3.63) is 35.9 Å². The van der Waals surface area contributed by atoms with E-state index in [0.717, 1.165) is 18.4 Å². The molecule has 2 rings (SSSR count). The Morgan fingerprint density at radius 1 is 1.32 bits per heavy atom. The van der Waals surface area contributed by atoms with Gasteiger partial charge in [-0.1, -0.05) is 43.2 Å². The number of benzene rings is 1. The quantitative estimate of drug-likeness (QED) is 0.829. The molecule has 0 aromatic heterocycles. The number of nitrogens with two attached hydrogens (primary N) is 1. The van der Waals surface area contributed by atoms with Gasteiger partial charge in [-0.15, -0.1) is 0 Å². The van der Waals surface area contributed by atoms with Crippen LogP contribution in [-0.2, 0) is 14.9 Å². The second-order valence-corrected chi connectivity index (χ2v) is 5.24. The topological polar surface area (TPSA) is 52.3 Å². The Hall–Kier alpha value is -1.35. The van der Waals surface area contributed by atoms with Gasteiger partial charge >= 0.3 is 5.97 Å². The normalized spacial score (nSPS) is 19.1. The molecule has 2 N–H and O–H groups in total. The summed E-state index contributed by atoms with van der Waals surface area (Å²) in [7, 11) is 0. The molecule has 104 valence electrons. The Bertz CT molecular complexity index is 412. The minimum Gasteiger partial charge on any atom is -0.465 e. The molecule has 1 aromatic carbocycles. The molecule has 1 aliphatic rings. The lowest BCUT2D eigenvalue weighted by Crippen LogP contribution is -2.49. The van der Waals surface area contributed by atoms with Gasteiger partial charge in [-0.3, -0.25) is 4.79 Å². The van der Waals surface area contributed by atoms with Crippen molar-refractivity contribution in [2.45, 2.75) is 38.0 Å². The highest BCUT2D eigenvalue weighted by Crippen LogP contribution is 2.42. The first-order chi connectivity index (χ1) is 9.25. The van der Waals surface area contributed by atoms with E-state index in [1.165, 1.54) is 12.8 Å². The molecule has 1 aliphatic carbocycles. The van der Waals surface area contributed by atoms with E-state index in [0.29, 0.717) is 19.1 Å². The van der Waals surface area contributed by atoms with Crippen LogP contribution in [0, 0.1) is 5.92 Å². The highest BCUT2D eigenvalue weighted by Gasteiger charge is 2.48. The van der Waals surface area contributed by atoms with Gasteiger partial charge in [0, 0.05) is 6.54 Å². The maximum atomic E-state index is 12.6. The molecule has 3 nitrogen and oxygen atoms in total. The lowest BCUT2D eigenvalue weighted by molar-refractivity contribution is -0.152. The maximum Gasteiger partial charge on any atom is 0.318 e. The van der Waals surface area contributed by atoms with E-state index in [1.54, 1.807) is 0 Å². The number of rotatable bonds is 5. The van der Waals surface area contributed by atoms with E-state index in [4.69, 9.17) is 10.5 Å². The first-order valence-electron chi connectivity index (χ1n) is 7.18. The Kier molecular flexibility index (Phi) is 4.59. The molecule has 0 bridgehead atoms. The SMILES string of the molecule is CCOC(=O)C(CN)(c1ccccc1)C1CCCC1. The van der Waals surface area contributed by atoms with Gasteiger partial charge in [-0.05, 0) is 31.2 Å². The van der Waals surface area contributed by atoms with Gasteiger partial charge in [-0.25, -0.2) is 0 Å². The predicted octanol–water partition coefficient (Wildman–Crippen LogP) is 2.64. The fourth-order valence-electron chi connectivity index (χ4n) is 3.30. The van der Waals surface area contributed by atoms with Crippen LogP contribution < -0.4 is 5.73 Å². The summed E-state index contributed by atoms with van der Waals surface area (Å²) in [4.78, 5) is 12.6. The van der Waals surface area contributed by atoms with Gasteiger partial charge in [0.05, 0.1) is 6.61 Å². The third-order valence-electron chi connectivity index (χ3n) is 4.30. The largest absolute Gasteiger partial charge is 0.465 e. The summed E-state index contributed by atoms with van der Waals surface area (Å²) < 4.78 is 5.35. The van der Waals surface area contributed by atoms with Crippen LogP contribution in [0.2, 0.25) is 0 Å². The molecular formula is C16H23NO2. The van der Waals surface area contributed by atoms with Crippen LogP contribution in [0.15, 0.2) is 30.3 Å². The Morgan fingerprint density at radius 3 is 2.47 bits per heavy atom. The standard InChI is InChI=1S/C16H23NO2/c1-2-19-15(18)16(12-17,14-10-6-7-11-14)13-8-4-3-5-9-13/h3-5,8-9,14H,2,6-7,10-12,17H2,1H3. The molecule has 1 fully saturated rings. The molecule has 0 amide bonds. The van der Waals surface area contributed by atoms with Crippen LogP contribution in [0.25, 0.3) is 0 Å². The van der Waals surface area contributed by atoms with Crippen LogP contribution >= 0.6 is 0 Å². The smallest absolute Gasteiger partial charge is 0.318 e. The first kappa shape index (κ1) is 14.1. The van der Waals surface area contributed by atoms with Crippen molar-refractivity contribution in [3.8, 4) is 0 Å². The van der Waals surface area contributed by atoms with Gasteiger partial charge in [0.15, 0.2) is 0 Å². The van der Waals surface area contributed by atoms with Crippen LogP contribution in [0.4, 0.5) is 0 Å². The highest BCUT2D eigenvalue weighted by atomic mass is 16.5. The van der Waals surface area contributed by atoms with Gasteiger partial charge < -0.3 is 10.5 Å². The predicted molar refractivity (Wildman–Crippen MR) is 75.8 cm³/mol. The van der Waals surface area contributed by atoms with Crippen molar-refractivity contribution >= 4 is 5.97 Å². The van der Waals surface area contributed by atoms with E-state index in [-0.39, 0.29) is 5.97 Å². The molecule has 0 spiro atoms. The third-order valence-corrected chi connectivity index (χ3v) is 4.30. The molecule has 1 saturated carbocycles. The Morgan fingerprint density at radius 2 is 1.95 bits per heavy atom. The van der Waals surface area contributed by atoms with Gasteiger partial charge in [-0.2, -0.15) is 0 Å². The van der Waals surface area contributed by atoms with Crippen molar-refractivity contribution in [2.24, 2.45) is 11.7 Å². The zero-order valence-corrected chi connectivity index (χ0v) is 11.6. The molecule has 0 saturated heterocycles. The molecule has 0 aliphatic heterocycles. The molecule has 1 aromatic rings. The molecule has 1 unspecified atom stereocenters. The number of ether oxygens (including phenoxy) is 1. The fourth-order valence-corrected chi connectivity index (χ4v) is 3.30. The molecular weight excluding hydrogens is 238 g/mol. The van der Waals surface area contributed by atoms with Crippen molar-refractivity contribution in [1.82, 2.24) is 0 Å². The zero-order chi connectivity index (χ0) is 13.7. The van der Waals surface area contributed by atoms with Crippen LogP contribution in [-0.4, -0.2) is 19.1 Å².